The third-order valence-corrected chi connectivity index (χ3v) is 3.42. The zero-order valence-electron chi connectivity index (χ0n) is 11.3. The summed E-state index contributed by atoms with van der Waals surface area (Å²) in [7, 11) is 0. The summed E-state index contributed by atoms with van der Waals surface area (Å²) in [4.78, 5) is 27.8. The fourth-order valence-corrected chi connectivity index (χ4v) is 2.32. The van der Waals surface area contributed by atoms with Crippen LogP contribution in [0.25, 0.3) is 0 Å². The third-order valence-electron chi connectivity index (χ3n) is 2.83. The van der Waals surface area contributed by atoms with Crippen LogP contribution in [0.5, 0.6) is 0 Å². The van der Waals surface area contributed by atoms with Gasteiger partial charge in [-0.15, -0.1) is 11.3 Å². The van der Waals surface area contributed by atoms with Gasteiger partial charge in [-0.3, -0.25) is 9.59 Å². The number of carbonyl (C=O) groups is 2. The molecule has 0 aliphatic rings. The summed E-state index contributed by atoms with van der Waals surface area (Å²) in [6.07, 6.45) is 0. The van der Waals surface area contributed by atoms with E-state index in [2.05, 4.69) is 15.6 Å². The van der Waals surface area contributed by atoms with Gasteiger partial charge in [-0.2, -0.15) is 0 Å². The van der Waals surface area contributed by atoms with Crippen molar-refractivity contribution in [3.05, 3.63) is 45.9 Å². The number of rotatable bonds is 4. The Morgan fingerprint density at radius 3 is 2.75 bits per heavy atom. The molecule has 0 unspecified atom stereocenters. The summed E-state index contributed by atoms with van der Waals surface area (Å²) < 4.78 is 0. The van der Waals surface area contributed by atoms with Gasteiger partial charge in [-0.25, -0.2) is 4.98 Å². The number of thiazole rings is 1. The molecule has 2 amide bonds. The number of benzene rings is 1. The Morgan fingerprint density at radius 2 is 2.10 bits per heavy atom. The molecule has 5 nitrogen and oxygen atoms in total. The molecule has 0 saturated carbocycles. The molecule has 2 N–H and O–H groups in total. The van der Waals surface area contributed by atoms with Crippen molar-refractivity contribution in [1.29, 1.82) is 0 Å². The van der Waals surface area contributed by atoms with E-state index in [1.807, 2.05) is 6.92 Å². The second kappa shape index (κ2) is 6.29. The smallest absolute Gasteiger partial charge is 0.275 e. The van der Waals surface area contributed by atoms with E-state index in [1.54, 1.807) is 36.0 Å². The summed E-state index contributed by atoms with van der Waals surface area (Å²) in [6.45, 7) is 4.23. The van der Waals surface area contributed by atoms with E-state index < -0.39 is 0 Å². The molecule has 0 radical (unpaired) electrons. The van der Waals surface area contributed by atoms with Gasteiger partial charge in [0, 0.05) is 23.2 Å². The molecule has 6 heteroatoms. The first-order valence-corrected chi connectivity index (χ1v) is 7.15. The van der Waals surface area contributed by atoms with Gasteiger partial charge in [-0.05, 0) is 31.5 Å². The number of anilines is 1. The highest BCUT2D eigenvalue weighted by Crippen LogP contribution is 2.19. The highest BCUT2D eigenvalue weighted by molar-refractivity contribution is 7.07. The number of carbonyl (C=O) groups excluding carboxylic acids is 2. The van der Waals surface area contributed by atoms with Crippen molar-refractivity contribution in [1.82, 2.24) is 10.3 Å². The van der Waals surface area contributed by atoms with Crippen molar-refractivity contribution < 1.29 is 9.59 Å². The van der Waals surface area contributed by atoms with Gasteiger partial charge in [-0.1, -0.05) is 6.07 Å². The minimum atomic E-state index is -0.276. The first-order chi connectivity index (χ1) is 9.63. The molecule has 20 heavy (non-hydrogen) atoms. The molecule has 2 rings (SSSR count). The van der Waals surface area contributed by atoms with Crippen molar-refractivity contribution >= 4 is 28.8 Å². The molecule has 0 aliphatic heterocycles. The topological polar surface area (TPSA) is 71.1 Å². The lowest BCUT2D eigenvalue weighted by Crippen LogP contribution is -2.24. The van der Waals surface area contributed by atoms with Crippen molar-refractivity contribution in [2.75, 3.05) is 11.9 Å². The van der Waals surface area contributed by atoms with E-state index in [4.69, 9.17) is 0 Å². The minimum Gasteiger partial charge on any atom is -0.352 e. The van der Waals surface area contributed by atoms with Crippen LogP contribution >= 0.6 is 11.3 Å². The average molecular weight is 289 g/mol. The lowest BCUT2D eigenvalue weighted by atomic mass is 10.1. The molecule has 1 aromatic heterocycles. The maximum absolute atomic E-state index is 12.0. The predicted octanol–water partition coefficient (Wildman–Crippen LogP) is 2.45. The van der Waals surface area contributed by atoms with Crippen LogP contribution in [0.4, 0.5) is 5.69 Å². The van der Waals surface area contributed by atoms with Crippen LogP contribution in [0.1, 0.15) is 33.3 Å². The quantitative estimate of drug-likeness (QED) is 0.908. The Morgan fingerprint density at radius 1 is 1.30 bits per heavy atom. The molecule has 1 aromatic carbocycles. The van der Waals surface area contributed by atoms with Gasteiger partial charge in [0.15, 0.2) is 0 Å². The third kappa shape index (κ3) is 3.03. The molecule has 0 spiro atoms. The first-order valence-electron chi connectivity index (χ1n) is 6.20. The maximum atomic E-state index is 12.0. The summed E-state index contributed by atoms with van der Waals surface area (Å²) >= 11 is 1.36. The van der Waals surface area contributed by atoms with Crippen molar-refractivity contribution in [2.24, 2.45) is 0 Å². The molecule has 0 bridgehead atoms. The molecule has 1 heterocycles. The van der Waals surface area contributed by atoms with E-state index in [9.17, 15) is 9.59 Å². The monoisotopic (exact) mass is 289 g/mol. The van der Waals surface area contributed by atoms with E-state index in [0.29, 0.717) is 23.5 Å². The normalized spacial score (nSPS) is 10.1. The Kier molecular flexibility index (Phi) is 4.47. The minimum absolute atomic E-state index is 0.144. The molecule has 0 aliphatic carbocycles. The van der Waals surface area contributed by atoms with E-state index in [1.165, 1.54) is 11.3 Å². The van der Waals surface area contributed by atoms with E-state index in [0.717, 1.165) is 5.56 Å². The van der Waals surface area contributed by atoms with E-state index >= 15 is 0 Å². The van der Waals surface area contributed by atoms with Crippen LogP contribution in [0.2, 0.25) is 0 Å². The van der Waals surface area contributed by atoms with Crippen LogP contribution in [-0.4, -0.2) is 23.3 Å². The zero-order chi connectivity index (χ0) is 14.5. The molecule has 0 saturated heterocycles. The lowest BCUT2D eigenvalue weighted by molar-refractivity contribution is 0.0953. The number of amides is 2. The molecular formula is C14H15N3O2S. The fourth-order valence-electron chi connectivity index (χ4n) is 1.78. The number of nitrogens with one attached hydrogen (secondary N) is 2. The highest BCUT2D eigenvalue weighted by atomic mass is 32.1. The number of aromatic nitrogens is 1. The van der Waals surface area contributed by atoms with Gasteiger partial charge in [0.05, 0.1) is 5.51 Å². The van der Waals surface area contributed by atoms with Gasteiger partial charge < -0.3 is 10.6 Å². The Balaban J connectivity index is 2.23. The zero-order valence-corrected chi connectivity index (χ0v) is 12.1. The fraction of sp³-hybridized carbons (Fsp3) is 0.214. The molecule has 2 aromatic rings. The van der Waals surface area contributed by atoms with Crippen molar-refractivity contribution in [3.8, 4) is 0 Å². The van der Waals surface area contributed by atoms with Crippen molar-refractivity contribution in [3.63, 3.8) is 0 Å². The van der Waals surface area contributed by atoms with Gasteiger partial charge in [0.25, 0.3) is 11.8 Å². The molecule has 0 fully saturated rings. The summed E-state index contributed by atoms with van der Waals surface area (Å²) in [6, 6.07) is 5.25. The van der Waals surface area contributed by atoms with Gasteiger partial charge in [0.1, 0.15) is 5.69 Å². The standard InChI is InChI=1S/C14H15N3O2S/c1-3-15-13(18)10-5-4-6-11(9(10)2)17-14(19)12-7-20-8-16-12/h4-8H,3H2,1-2H3,(H,15,18)(H,17,19). The maximum Gasteiger partial charge on any atom is 0.275 e. The molecular weight excluding hydrogens is 274 g/mol. The first kappa shape index (κ1) is 14.2. The molecule has 0 atom stereocenters. The summed E-state index contributed by atoms with van der Waals surface area (Å²) in [5.74, 6) is -0.419. The largest absolute Gasteiger partial charge is 0.352 e. The Bertz CT molecular complexity index is 623. The van der Waals surface area contributed by atoms with Crippen LogP contribution in [-0.2, 0) is 0 Å². The number of hydrogen-bond donors (Lipinski definition) is 2. The second-order valence-electron chi connectivity index (χ2n) is 4.17. The van der Waals surface area contributed by atoms with Gasteiger partial charge in [0.2, 0.25) is 0 Å². The summed E-state index contributed by atoms with van der Waals surface area (Å²) in [5.41, 5.74) is 3.89. The SMILES string of the molecule is CCNC(=O)c1cccc(NC(=O)c2cscn2)c1C. The predicted molar refractivity (Wildman–Crippen MR) is 79.3 cm³/mol. The number of nitrogens with zero attached hydrogens (tertiary/aromatic N) is 1. The average Bonchev–Trinajstić information content (AvgIpc) is 2.95. The highest BCUT2D eigenvalue weighted by Gasteiger charge is 2.14. The van der Waals surface area contributed by atoms with Crippen LogP contribution in [0, 0.1) is 6.92 Å². The van der Waals surface area contributed by atoms with Crippen molar-refractivity contribution in [2.45, 2.75) is 13.8 Å². The molecule has 104 valence electrons. The lowest BCUT2D eigenvalue weighted by Gasteiger charge is -2.11. The summed E-state index contributed by atoms with van der Waals surface area (Å²) in [5, 5.41) is 7.20. The van der Waals surface area contributed by atoms with Gasteiger partial charge >= 0.3 is 0 Å². The van der Waals surface area contributed by atoms with Crippen LogP contribution < -0.4 is 10.6 Å². The Hall–Kier alpha value is -2.21. The number of hydrogen-bond acceptors (Lipinski definition) is 4. The van der Waals surface area contributed by atoms with Crippen LogP contribution in [0.3, 0.4) is 0 Å². The van der Waals surface area contributed by atoms with E-state index in [-0.39, 0.29) is 11.8 Å². The second-order valence-corrected chi connectivity index (χ2v) is 4.88. The van der Waals surface area contributed by atoms with Crippen LogP contribution in [0.15, 0.2) is 29.1 Å². The Labute approximate surface area is 121 Å².